The molecule has 0 aliphatic carbocycles. The molecular weight excluding hydrogens is 273 g/mol. The van der Waals surface area contributed by atoms with E-state index >= 15 is 0 Å². The van der Waals surface area contributed by atoms with E-state index in [0.717, 1.165) is 5.56 Å². The molecule has 0 aliphatic heterocycles. The van der Waals surface area contributed by atoms with E-state index < -0.39 is 0 Å². The van der Waals surface area contributed by atoms with Crippen molar-refractivity contribution in [1.82, 2.24) is 15.1 Å². The first-order valence-corrected chi connectivity index (χ1v) is 6.90. The van der Waals surface area contributed by atoms with Crippen LogP contribution in [-0.2, 0) is 0 Å². The second-order valence-corrected chi connectivity index (χ2v) is 5.36. The van der Waals surface area contributed by atoms with Crippen molar-refractivity contribution in [2.75, 3.05) is 34.3 Å². The van der Waals surface area contributed by atoms with Crippen molar-refractivity contribution in [3.05, 3.63) is 35.6 Å². The Kier molecular flexibility index (Phi) is 6.58. The van der Waals surface area contributed by atoms with Gasteiger partial charge in [-0.15, -0.1) is 0 Å². The van der Waals surface area contributed by atoms with E-state index in [1.807, 2.05) is 25.1 Å². The lowest BCUT2D eigenvalue weighted by Crippen LogP contribution is -2.46. The Morgan fingerprint density at radius 2 is 2.05 bits per heavy atom. The maximum atomic E-state index is 13.3. The van der Waals surface area contributed by atoms with E-state index in [9.17, 15) is 9.18 Å². The predicted molar refractivity (Wildman–Crippen MR) is 80.5 cm³/mol. The third-order valence-electron chi connectivity index (χ3n) is 3.55. The summed E-state index contributed by atoms with van der Waals surface area (Å²) in [6.07, 6.45) is 0. The van der Waals surface area contributed by atoms with Crippen molar-refractivity contribution < 1.29 is 14.3 Å². The summed E-state index contributed by atoms with van der Waals surface area (Å²) in [5.41, 5.74) is 0.804. The van der Waals surface area contributed by atoms with Crippen LogP contribution in [0.1, 0.15) is 18.5 Å². The Balaban J connectivity index is 2.70. The van der Waals surface area contributed by atoms with E-state index in [-0.39, 0.29) is 30.5 Å². The van der Waals surface area contributed by atoms with Crippen LogP contribution in [0, 0.1) is 5.82 Å². The van der Waals surface area contributed by atoms with Crippen LogP contribution in [0.25, 0.3) is 0 Å². The maximum absolute atomic E-state index is 13.3. The lowest BCUT2D eigenvalue weighted by molar-refractivity contribution is 0.155. The highest BCUT2D eigenvalue weighted by atomic mass is 19.1. The van der Waals surface area contributed by atoms with Gasteiger partial charge in [0.05, 0.1) is 18.7 Å². The number of nitrogens with zero attached hydrogens (tertiary/aromatic N) is 2. The molecule has 0 spiro atoms. The van der Waals surface area contributed by atoms with Gasteiger partial charge in [0.1, 0.15) is 5.82 Å². The third-order valence-corrected chi connectivity index (χ3v) is 3.55. The molecule has 0 radical (unpaired) electrons. The zero-order valence-electron chi connectivity index (χ0n) is 13.0. The molecule has 5 nitrogen and oxygen atoms in total. The largest absolute Gasteiger partial charge is 0.394 e. The summed E-state index contributed by atoms with van der Waals surface area (Å²) in [7, 11) is 5.38. The van der Waals surface area contributed by atoms with Crippen LogP contribution in [0.4, 0.5) is 9.18 Å². The van der Waals surface area contributed by atoms with Crippen LogP contribution in [-0.4, -0.2) is 61.3 Å². The molecule has 6 heteroatoms. The summed E-state index contributed by atoms with van der Waals surface area (Å²) in [6.45, 7) is 2.03. The van der Waals surface area contributed by atoms with Crippen molar-refractivity contribution in [3.63, 3.8) is 0 Å². The number of rotatable bonds is 6. The number of halogens is 1. The Morgan fingerprint density at radius 3 is 2.57 bits per heavy atom. The second-order valence-electron chi connectivity index (χ2n) is 5.36. The molecule has 1 aromatic rings. The Morgan fingerprint density at radius 1 is 1.38 bits per heavy atom. The molecular formula is C15H24FN3O2. The van der Waals surface area contributed by atoms with Crippen LogP contribution in [0.2, 0.25) is 0 Å². The number of nitrogens with one attached hydrogen (secondary N) is 1. The van der Waals surface area contributed by atoms with Crippen molar-refractivity contribution in [2.24, 2.45) is 0 Å². The fourth-order valence-electron chi connectivity index (χ4n) is 1.94. The molecule has 0 aliphatic rings. The Hall–Kier alpha value is -1.66. The maximum Gasteiger partial charge on any atom is 0.317 e. The molecule has 0 saturated heterocycles. The zero-order valence-corrected chi connectivity index (χ0v) is 13.0. The van der Waals surface area contributed by atoms with E-state index in [0.29, 0.717) is 6.54 Å². The van der Waals surface area contributed by atoms with Gasteiger partial charge < -0.3 is 20.2 Å². The smallest absolute Gasteiger partial charge is 0.317 e. The highest BCUT2D eigenvalue weighted by Crippen LogP contribution is 2.18. The number of aliphatic hydroxyl groups is 1. The minimum Gasteiger partial charge on any atom is -0.394 e. The number of carbonyl (C=O) groups excluding carboxylic acids is 1. The average Bonchev–Trinajstić information content (AvgIpc) is 2.45. The molecule has 0 bridgehead atoms. The van der Waals surface area contributed by atoms with Crippen molar-refractivity contribution in [3.8, 4) is 0 Å². The van der Waals surface area contributed by atoms with Crippen LogP contribution in [0.5, 0.6) is 0 Å². The van der Waals surface area contributed by atoms with Gasteiger partial charge in [0.25, 0.3) is 0 Å². The lowest BCUT2D eigenvalue weighted by atomic mass is 10.1. The summed E-state index contributed by atoms with van der Waals surface area (Å²) in [5.74, 6) is -0.295. The van der Waals surface area contributed by atoms with Gasteiger partial charge in [-0.05, 0) is 38.7 Å². The van der Waals surface area contributed by atoms with Gasteiger partial charge in [0, 0.05) is 13.6 Å². The highest BCUT2D eigenvalue weighted by Gasteiger charge is 2.19. The molecule has 2 unspecified atom stereocenters. The van der Waals surface area contributed by atoms with Gasteiger partial charge in [-0.3, -0.25) is 0 Å². The average molecular weight is 297 g/mol. The zero-order chi connectivity index (χ0) is 16.0. The number of amides is 2. The van der Waals surface area contributed by atoms with Gasteiger partial charge in [-0.2, -0.15) is 0 Å². The Labute approximate surface area is 125 Å². The first kappa shape index (κ1) is 17.4. The van der Waals surface area contributed by atoms with Crippen molar-refractivity contribution >= 4 is 6.03 Å². The first-order valence-electron chi connectivity index (χ1n) is 6.90. The summed E-state index contributed by atoms with van der Waals surface area (Å²) >= 11 is 0. The van der Waals surface area contributed by atoms with Gasteiger partial charge in [-0.25, -0.2) is 9.18 Å². The summed E-state index contributed by atoms with van der Waals surface area (Å²) < 4.78 is 13.3. The summed E-state index contributed by atoms with van der Waals surface area (Å²) in [4.78, 5) is 15.3. The molecule has 0 fully saturated rings. The van der Waals surface area contributed by atoms with E-state index in [1.54, 1.807) is 20.0 Å². The van der Waals surface area contributed by atoms with E-state index in [2.05, 4.69) is 5.32 Å². The number of urea groups is 1. The quantitative estimate of drug-likeness (QED) is 0.835. The van der Waals surface area contributed by atoms with Gasteiger partial charge in [-0.1, -0.05) is 12.1 Å². The minimum atomic E-state index is -0.295. The molecule has 0 saturated carbocycles. The molecule has 118 valence electrons. The van der Waals surface area contributed by atoms with Crippen LogP contribution < -0.4 is 5.32 Å². The highest BCUT2D eigenvalue weighted by molar-refractivity contribution is 5.74. The van der Waals surface area contributed by atoms with Gasteiger partial charge in [0.15, 0.2) is 0 Å². The topological polar surface area (TPSA) is 55.8 Å². The molecule has 2 N–H and O–H groups in total. The molecule has 0 heterocycles. The SMILES string of the molecule is CC(CO)N(C)C(=O)NCC(c1cccc(F)c1)N(C)C. The minimum absolute atomic E-state index is 0.0923. The normalized spacial score (nSPS) is 13.9. The third kappa shape index (κ3) is 4.99. The standard InChI is InChI=1S/C15H24FN3O2/c1-11(10-20)19(4)15(21)17-9-14(18(2)3)12-6-5-7-13(16)8-12/h5-8,11,14,20H,9-10H2,1-4H3,(H,17,21). The summed E-state index contributed by atoms with van der Waals surface area (Å²) in [6, 6.07) is 5.71. The number of benzene rings is 1. The van der Waals surface area contributed by atoms with Gasteiger partial charge >= 0.3 is 6.03 Å². The molecule has 2 atom stereocenters. The monoisotopic (exact) mass is 297 g/mol. The number of likely N-dealkylation sites (N-methyl/N-ethyl adjacent to an activating group) is 2. The van der Waals surface area contributed by atoms with Crippen LogP contribution >= 0.6 is 0 Å². The second kappa shape index (κ2) is 7.95. The molecule has 2 amide bonds. The molecule has 0 aromatic heterocycles. The molecule has 1 aromatic carbocycles. The fourth-order valence-corrected chi connectivity index (χ4v) is 1.94. The summed E-state index contributed by atoms with van der Waals surface area (Å²) in [5, 5.41) is 11.9. The molecule has 1 rings (SSSR count). The van der Waals surface area contributed by atoms with Crippen molar-refractivity contribution in [1.29, 1.82) is 0 Å². The lowest BCUT2D eigenvalue weighted by Gasteiger charge is -2.28. The van der Waals surface area contributed by atoms with Crippen LogP contribution in [0.3, 0.4) is 0 Å². The number of hydrogen-bond donors (Lipinski definition) is 2. The van der Waals surface area contributed by atoms with Gasteiger partial charge in [0.2, 0.25) is 0 Å². The van der Waals surface area contributed by atoms with E-state index in [1.165, 1.54) is 17.0 Å². The predicted octanol–water partition coefficient (Wildman–Crippen LogP) is 1.45. The Bertz CT molecular complexity index is 468. The van der Waals surface area contributed by atoms with E-state index in [4.69, 9.17) is 5.11 Å². The first-order chi connectivity index (χ1) is 9.86. The number of hydrogen-bond acceptors (Lipinski definition) is 3. The number of aliphatic hydroxyl groups excluding tert-OH is 1. The van der Waals surface area contributed by atoms with Crippen LogP contribution in [0.15, 0.2) is 24.3 Å². The van der Waals surface area contributed by atoms with Crippen molar-refractivity contribution in [2.45, 2.75) is 19.0 Å². The number of carbonyl (C=O) groups is 1. The fraction of sp³-hybridized carbons (Fsp3) is 0.533. The molecule has 21 heavy (non-hydrogen) atoms.